The Hall–Kier alpha value is -2.35. The molecule has 2 aliphatic rings. The molecule has 5 rings (SSSR count). The summed E-state index contributed by atoms with van der Waals surface area (Å²) in [7, 11) is 0. The Balaban J connectivity index is 0.00000168. The first-order valence-corrected chi connectivity index (χ1v) is 8.46. The van der Waals surface area contributed by atoms with Crippen LogP contribution in [0.5, 0.6) is 0 Å². The van der Waals surface area contributed by atoms with Gasteiger partial charge >= 0.3 is 0 Å². The van der Waals surface area contributed by atoms with Crippen LogP contribution in [0.3, 0.4) is 0 Å². The van der Waals surface area contributed by atoms with Gasteiger partial charge in [-0.05, 0) is 30.5 Å². The maximum atomic E-state index is 6.12. The number of rotatable bonds is 1. The van der Waals surface area contributed by atoms with Gasteiger partial charge < -0.3 is 9.64 Å². The first kappa shape index (κ1) is 17.1. The van der Waals surface area contributed by atoms with Crippen LogP contribution in [0.25, 0.3) is 22.6 Å². The molecule has 0 atom stereocenters. The van der Waals surface area contributed by atoms with Crippen LogP contribution < -0.4 is 4.90 Å². The summed E-state index contributed by atoms with van der Waals surface area (Å²) in [5.41, 5.74) is 9.36. The second kappa shape index (κ2) is 6.42. The minimum Gasteiger partial charge on any atom is -0.640 e. The van der Waals surface area contributed by atoms with Crippen molar-refractivity contribution in [3.8, 4) is 11.1 Å². The van der Waals surface area contributed by atoms with Crippen LogP contribution in [0.4, 0.5) is 5.69 Å². The van der Waals surface area contributed by atoms with Gasteiger partial charge in [-0.25, -0.2) is 0 Å². The molecule has 0 aliphatic carbocycles. The van der Waals surface area contributed by atoms with E-state index in [4.69, 9.17) is 4.74 Å². The quantitative estimate of drug-likeness (QED) is 0.394. The summed E-state index contributed by atoms with van der Waals surface area (Å²) in [6, 6.07) is 24.4. The molecule has 0 spiro atoms. The molecule has 3 heteroatoms. The van der Waals surface area contributed by atoms with Crippen LogP contribution >= 0.6 is 0 Å². The fourth-order valence-corrected chi connectivity index (χ4v) is 3.86. The molecule has 3 aromatic carbocycles. The van der Waals surface area contributed by atoms with E-state index in [1.165, 1.54) is 33.4 Å². The summed E-state index contributed by atoms with van der Waals surface area (Å²) < 4.78 is 6.12. The molecule has 2 nitrogen and oxygen atoms in total. The smallest absolute Gasteiger partial charge is 0.117 e. The maximum Gasteiger partial charge on any atom is 0.117 e. The minimum absolute atomic E-state index is 0. The monoisotopic (exact) mass is 516 g/mol. The van der Waals surface area contributed by atoms with E-state index in [-0.39, 0.29) is 20.1 Å². The summed E-state index contributed by atoms with van der Waals surface area (Å²) in [4.78, 5) is 2.12. The number of aryl methyl sites for hydroxylation is 2. The average Bonchev–Trinajstić information content (AvgIpc) is 3.07. The van der Waals surface area contributed by atoms with Gasteiger partial charge in [0.05, 0.1) is 5.70 Å². The Morgan fingerprint density at radius 3 is 2.31 bits per heavy atom. The van der Waals surface area contributed by atoms with Gasteiger partial charge in [-0.3, -0.25) is 0 Å². The Bertz CT molecular complexity index is 1020. The molecule has 26 heavy (non-hydrogen) atoms. The topological polar surface area (TPSA) is 12.5 Å². The first-order chi connectivity index (χ1) is 12.3. The molecular weight excluding hydrogens is 498 g/mol. The van der Waals surface area contributed by atoms with Gasteiger partial charge in [0.25, 0.3) is 0 Å². The number of anilines is 1. The number of hydrogen-bond acceptors (Lipinski definition) is 2. The standard InChI is InChI=1S/C23H17NO.Ir/c1-15-8-7-9-16(2)21(15)23-22-19-12-4-3-10-17(19)18-11-5-6-13-20(18)24(22)14-25-23;/h3-12,14H,1-2H3;/q-2;. The number of hydrogen-bond donors (Lipinski definition) is 0. The third-order valence-electron chi connectivity index (χ3n) is 4.99. The molecule has 1 radical (unpaired) electrons. The summed E-state index contributed by atoms with van der Waals surface area (Å²) in [5.74, 6) is 0.922. The van der Waals surface area contributed by atoms with E-state index in [2.05, 4.69) is 73.3 Å². The van der Waals surface area contributed by atoms with Gasteiger partial charge in [0.2, 0.25) is 0 Å². The van der Waals surface area contributed by atoms with Crippen molar-refractivity contribution in [2.75, 3.05) is 4.90 Å². The molecule has 2 heterocycles. The van der Waals surface area contributed by atoms with Crippen LogP contribution in [0.2, 0.25) is 0 Å². The average molecular weight is 516 g/mol. The number of fused-ring (bicyclic) bond motifs is 6. The largest absolute Gasteiger partial charge is 0.640 e. The van der Waals surface area contributed by atoms with E-state index in [9.17, 15) is 0 Å². The number of benzene rings is 3. The second-order valence-corrected chi connectivity index (χ2v) is 6.52. The molecule has 131 valence electrons. The van der Waals surface area contributed by atoms with Gasteiger partial charge in [-0.2, -0.15) is 24.3 Å². The number of ether oxygens (including phenoxy) is 1. The zero-order valence-electron chi connectivity index (χ0n) is 14.5. The zero-order chi connectivity index (χ0) is 17.0. The van der Waals surface area contributed by atoms with E-state index in [1.54, 1.807) is 0 Å². The normalized spacial score (nSPS) is 14.2. The van der Waals surface area contributed by atoms with Crippen molar-refractivity contribution in [2.45, 2.75) is 13.8 Å². The molecule has 3 aromatic rings. The van der Waals surface area contributed by atoms with Crippen molar-refractivity contribution >= 4 is 17.1 Å². The van der Waals surface area contributed by atoms with E-state index < -0.39 is 0 Å². The van der Waals surface area contributed by atoms with Crippen molar-refractivity contribution < 1.29 is 24.8 Å². The predicted molar refractivity (Wildman–Crippen MR) is 101 cm³/mol. The van der Waals surface area contributed by atoms with Gasteiger partial charge in [0.15, 0.2) is 0 Å². The predicted octanol–water partition coefficient (Wildman–Crippen LogP) is 5.56. The maximum absolute atomic E-state index is 6.12. The van der Waals surface area contributed by atoms with Gasteiger partial charge in [-0.1, -0.05) is 60.4 Å². The summed E-state index contributed by atoms with van der Waals surface area (Å²) in [5, 5.41) is 0. The Morgan fingerprint density at radius 2 is 1.54 bits per heavy atom. The first-order valence-electron chi connectivity index (χ1n) is 8.46. The molecule has 2 aliphatic heterocycles. The van der Waals surface area contributed by atoms with E-state index in [1.807, 2.05) is 18.9 Å². The van der Waals surface area contributed by atoms with Crippen LogP contribution in [-0.4, -0.2) is 0 Å². The van der Waals surface area contributed by atoms with Crippen molar-refractivity contribution in [1.29, 1.82) is 0 Å². The van der Waals surface area contributed by atoms with E-state index in [0.717, 1.165) is 17.1 Å². The summed E-state index contributed by atoms with van der Waals surface area (Å²) in [6.45, 7) is 6.08. The second-order valence-electron chi connectivity index (χ2n) is 6.52. The van der Waals surface area contributed by atoms with Crippen LogP contribution in [0.15, 0.2) is 60.7 Å². The summed E-state index contributed by atoms with van der Waals surface area (Å²) in [6.07, 6.45) is 0. The summed E-state index contributed by atoms with van der Waals surface area (Å²) >= 11 is 0. The third-order valence-corrected chi connectivity index (χ3v) is 4.99. The van der Waals surface area contributed by atoms with Gasteiger partial charge in [0, 0.05) is 25.7 Å². The fraction of sp³-hybridized carbons (Fsp3) is 0.0870. The van der Waals surface area contributed by atoms with E-state index in [0.29, 0.717) is 0 Å². The molecule has 0 fully saturated rings. The molecule has 0 amide bonds. The van der Waals surface area contributed by atoms with Crippen LogP contribution in [0.1, 0.15) is 22.3 Å². The Kier molecular flexibility index (Phi) is 4.22. The van der Waals surface area contributed by atoms with Crippen molar-refractivity contribution in [2.24, 2.45) is 0 Å². The SMILES string of the molecule is Cc1cccc(C)c1C1=C2c3ccccc3-c3ccc[c-]c3N2[CH-]O1.[Ir]. The molecule has 0 unspecified atom stereocenters. The van der Waals surface area contributed by atoms with Gasteiger partial charge in [-0.15, -0.1) is 5.56 Å². The minimum atomic E-state index is 0. The Morgan fingerprint density at radius 1 is 0.846 bits per heavy atom. The van der Waals surface area contributed by atoms with Crippen molar-refractivity contribution in [1.82, 2.24) is 0 Å². The van der Waals surface area contributed by atoms with Gasteiger partial charge in [0.1, 0.15) is 5.76 Å². The van der Waals surface area contributed by atoms with Crippen LogP contribution in [0, 0.1) is 26.6 Å². The Labute approximate surface area is 167 Å². The zero-order valence-corrected chi connectivity index (χ0v) is 16.9. The number of para-hydroxylation sites is 1. The van der Waals surface area contributed by atoms with Crippen molar-refractivity contribution in [3.05, 3.63) is 95.7 Å². The molecule has 0 saturated carbocycles. The van der Waals surface area contributed by atoms with Crippen LogP contribution in [-0.2, 0) is 24.8 Å². The molecule has 0 saturated heterocycles. The molecular formula is C23H17IrNO-2. The van der Waals surface area contributed by atoms with Crippen molar-refractivity contribution in [3.63, 3.8) is 0 Å². The molecule has 0 N–H and O–H groups in total. The fourth-order valence-electron chi connectivity index (χ4n) is 3.86. The third kappa shape index (κ3) is 2.35. The molecule has 0 aromatic heterocycles. The van der Waals surface area contributed by atoms with E-state index >= 15 is 0 Å². The molecule has 0 bridgehead atoms. The number of nitrogens with zero attached hydrogens (tertiary/aromatic N) is 1.